The predicted octanol–water partition coefficient (Wildman–Crippen LogP) is 2.10. The first-order valence-corrected chi connectivity index (χ1v) is 6.75. The number of primary amides is 1. The van der Waals surface area contributed by atoms with E-state index in [1.807, 2.05) is 0 Å². The summed E-state index contributed by atoms with van der Waals surface area (Å²) in [6.45, 7) is 2.27. The second-order valence-corrected chi connectivity index (χ2v) is 5.20. The Labute approximate surface area is 122 Å². The van der Waals surface area contributed by atoms with Gasteiger partial charge in [-0.15, -0.1) is 6.42 Å². The van der Waals surface area contributed by atoms with Gasteiger partial charge in [-0.3, -0.25) is 4.79 Å². The van der Waals surface area contributed by atoms with Gasteiger partial charge in [0.15, 0.2) is 0 Å². The lowest BCUT2D eigenvalue weighted by molar-refractivity contribution is -0.0102. The predicted molar refractivity (Wildman–Crippen MR) is 76.4 cm³/mol. The first-order valence-electron chi connectivity index (χ1n) is 6.75. The standard InChI is InChI=1S/C15H17F2N3O/c1-3-11-9-12(13(18)21)14(19-10(11)2)20-7-4-5-15(16,17)6-8-20/h1,9H,4-8H2,2H3,(H2,18,21). The van der Waals surface area contributed by atoms with E-state index in [1.165, 1.54) is 6.07 Å². The molecule has 0 bridgehead atoms. The molecule has 2 heterocycles. The molecule has 2 N–H and O–H groups in total. The van der Waals surface area contributed by atoms with Gasteiger partial charge in [0, 0.05) is 31.5 Å². The number of anilines is 1. The molecule has 0 unspecified atom stereocenters. The van der Waals surface area contributed by atoms with E-state index in [1.54, 1.807) is 11.8 Å². The zero-order chi connectivity index (χ0) is 15.6. The lowest BCUT2D eigenvalue weighted by atomic mass is 10.1. The maximum Gasteiger partial charge on any atom is 0.252 e. The second-order valence-electron chi connectivity index (χ2n) is 5.20. The molecule has 1 saturated heterocycles. The van der Waals surface area contributed by atoms with Crippen molar-refractivity contribution in [1.29, 1.82) is 0 Å². The van der Waals surface area contributed by atoms with Crippen LogP contribution in [0.25, 0.3) is 0 Å². The van der Waals surface area contributed by atoms with Crippen LogP contribution in [0.4, 0.5) is 14.6 Å². The monoisotopic (exact) mass is 293 g/mol. The van der Waals surface area contributed by atoms with Crippen LogP contribution in [0, 0.1) is 19.3 Å². The summed E-state index contributed by atoms with van der Waals surface area (Å²) in [6, 6.07) is 1.50. The van der Waals surface area contributed by atoms with Crippen LogP contribution in [0.15, 0.2) is 6.07 Å². The molecule has 0 atom stereocenters. The first-order chi connectivity index (χ1) is 9.84. The van der Waals surface area contributed by atoms with E-state index in [4.69, 9.17) is 12.2 Å². The van der Waals surface area contributed by atoms with Crippen molar-refractivity contribution in [1.82, 2.24) is 4.98 Å². The van der Waals surface area contributed by atoms with Crippen LogP contribution >= 0.6 is 0 Å². The Morgan fingerprint density at radius 3 is 2.81 bits per heavy atom. The maximum absolute atomic E-state index is 13.4. The lowest BCUT2D eigenvalue weighted by Gasteiger charge is -2.24. The molecule has 4 nitrogen and oxygen atoms in total. The average molecular weight is 293 g/mol. The van der Waals surface area contributed by atoms with Crippen LogP contribution in [-0.2, 0) is 0 Å². The number of hydrogen-bond acceptors (Lipinski definition) is 3. The summed E-state index contributed by atoms with van der Waals surface area (Å²) in [4.78, 5) is 17.6. The molecule has 112 valence electrons. The van der Waals surface area contributed by atoms with Crippen molar-refractivity contribution in [2.75, 3.05) is 18.0 Å². The quantitative estimate of drug-likeness (QED) is 0.849. The minimum Gasteiger partial charge on any atom is -0.365 e. The highest BCUT2D eigenvalue weighted by atomic mass is 19.3. The molecule has 1 fully saturated rings. The topological polar surface area (TPSA) is 59.2 Å². The van der Waals surface area contributed by atoms with E-state index in [2.05, 4.69) is 10.9 Å². The summed E-state index contributed by atoms with van der Waals surface area (Å²) in [5, 5.41) is 0. The highest BCUT2D eigenvalue weighted by Gasteiger charge is 2.33. The normalized spacial score (nSPS) is 17.9. The molecule has 0 aliphatic carbocycles. The fourth-order valence-corrected chi connectivity index (χ4v) is 2.44. The minimum atomic E-state index is -2.67. The molecule has 2 rings (SSSR count). The number of alkyl halides is 2. The highest BCUT2D eigenvalue weighted by Crippen LogP contribution is 2.31. The van der Waals surface area contributed by atoms with E-state index in [9.17, 15) is 13.6 Å². The highest BCUT2D eigenvalue weighted by molar-refractivity contribution is 5.98. The van der Waals surface area contributed by atoms with Gasteiger partial charge in [-0.25, -0.2) is 13.8 Å². The number of terminal acetylenes is 1. The first kappa shape index (κ1) is 15.2. The average Bonchev–Trinajstić information content (AvgIpc) is 2.59. The number of nitrogens with zero attached hydrogens (tertiary/aromatic N) is 2. The third-order valence-electron chi connectivity index (χ3n) is 3.63. The molecular weight excluding hydrogens is 276 g/mol. The number of carbonyl (C=O) groups is 1. The van der Waals surface area contributed by atoms with Crippen molar-refractivity contribution in [2.24, 2.45) is 5.73 Å². The fraction of sp³-hybridized carbons (Fsp3) is 0.467. The molecule has 1 amide bonds. The molecule has 1 aliphatic rings. The molecule has 0 radical (unpaired) electrons. The number of nitrogens with two attached hydrogens (primary N) is 1. The molecule has 1 aromatic rings. The zero-order valence-electron chi connectivity index (χ0n) is 11.8. The number of carbonyl (C=O) groups excluding carboxylic acids is 1. The largest absolute Gasteiger partial charge is 0.365 e. The number of amides is 1. The summed E-state index contributed by atoms with van der Waals surface area (Å²) in [6.07, 6.45) is 5.27. The smallest absolute Gasteiger partial charge is 0.252 e. The Hall–Kier alpha value is -2.16. The van der Waals surface area contributed by atoms with Crippen molar-refractivity contribution in [3.8, 4) is 12.3 Å². The van der Waals surface area contributed by atoms with Gasteiger partial charge in [-0.1, -0.05) is 5.92 Å². The Kier molecular flexibility index (Phi) is 4.12. The molecule has 0 saturated carbocycles. The van der Waals surface area contributed by atoms with Gasteiger partial charge in [0.05, 0.1) is 11.3 Å². The van der Waals surface area contributed by atoms with Crippen LogP contribution < -0.4 is 10.6 Å². The van der Waals surface area contributed by atoms with Crippen molar-refractivity contribution in [2.45, 2.75) is 32.1 Å². The molecule has 21 heavy (non-hydrogen) atoms. The SMILES string of the molecule is C#Cc1cc(C(N)=O)c(N2CCCC(F)(F)CC2)nc1C. The number of rotatable bonds is 2. The lowest BCUT2D eigenvalue weighted by Crippen LogP contribution is -2.30. The van der Waals surface area contributed by atoms with Crippen molar-refractivity contribution in [3.05, 3.63) is 22.9 Å². The van der Waals surface area contributed by atoms with Crippen LogP contribution in [0.3, 0.4) is 0 Å². The van der Waals surface area contributed by atoms with Crippen LogP contribution in [0.1, 0.15) is 40.9 Å². The molecule has 1 aromatic heterocycles. The van der Waals surface area contributed by atoms with Gasteiger partial charge in [0.25, 0.3) is 5.91 Å². The molecule has 0 aromatic carbocycles. The summed E-state index contributed by atoms with van der Waals surface area (Å²) in [7, 11) is 0. The molecule has 1 aliphatic heterocycles. The molecule has 0 spiro atoms. The minimum absolute atomic E-state index is 0.134. The Morgan fingerprint density at radius 1 is 1.48 bits per heavy atom. The number of halogens is 2. The van der Waals surface area contributed by atoms with E-state index in [0.29, 0.717) is 30.0 Å². The number of hydrogen-bond donors (Lipinski definition) is 1. The zero-order valence-corrected chi connectivity index (χ0v) is 11.8. The fourth-order valence-electron chi connectivity index (χ4n) is 2.44. The Morgan fingerprint density at radius 2 is 2.19 bits per heavy atom. The van der Waals surface area contributed by atoms with E-state index in [-0.39, 0.29) is 24.9 Å². The van der Waals surface area contributed by atoms with Gasteiger partial charge in [-0.2, -0.15) is 0 Å². The van der Waals surface area contributed by atoms with Crippen LogP contribution in [0.2, 0.25) is 0 Å². The van der Waals surface area contributed by atoms with E-state index in [0.717, 1.165) is 0 Å². The Balaban J connectivity index is 2.41. The van der Waals surface area contributed by atoms with Crippen molar-refractivity contribution in [3.63, 3.8) is 0 Å². The van der Waals surface area contributed by atoms with Gasteiger partial charge in [0.1, 0.15) is 5.82 Å². The van der Waals surface area contributed by atoms with E-state index < -0.39 is 11.8 Å². The summed E-state index contributed by atoms with van der Waals surface area (Å²) in [5.41, 5.74) is 6.60. The van der Waals surface area contributed by atoms with Gasteiger partial charge in [-0.05, 0) is 19.4 Å². The Bertz CT molecular complexity index is 608. The summed E-state index contributed by atoms with van der Waals surface area (Å²) in [5.74, 6) is -0.552. The van der Waals surface area contributed by atoms with Crippen molar-refractivity contribution >= 4 is 11.7 Å². The maximum atomic E-state index is 13.4. The van der Waals surface area contributed by atoms with Crippen LogP contribution in [0.5, 0.6) is 0 Å². The third kappa shape index (κ3) is 3.30. The number of aryl methyl sites for hydroxylation is 1. The summed E-state index contributed by atoms with van der Waals surface area (Å²) < 4.78 is 26.9. The summed E-state index contributed by atoms with van der Waals surface area (Å²) >= 11 is 0. The van der Waals surface area contributed by atoms with Gasteiger partial charge >= 0.3 is 0 Å². The number of pyridine rings is 1. The van der Waals surface area contributed by atoms with Gasteiger partial charge in [0.2, 0.25) is 5.92 Å². The molecule has 6 heteroatoms. The van der Waals surface area contributed by atoms with Gasteiger partial charge < -0.3 is 10.6 Å². The number of aromatic nitrogens is 1. The van der Waals surface area contributed by atoms with Crippen molar-refractivity contribution < 1.29 is 13.6 Å². The van der Waals surface area contributed by atoms with E-state index >= 15 is 0 Å². The molecular formula is C15H17F2N3O. The third-order valence-corrected chi connectivity index (χ3v) is 3.63. The van der Waals surface area contributed by atoms with Crippen LogP contribution in [-0.4, -0.2) is 29.9 Å². The second kappa shape index (κ2) is 5.68.